The van der Waals surface area contributed by atoms with Crippen molar-refractivity contribution in [1.29, 1.82) is 0 Å². The topological polar surface area (TPSA) is 90.2 Å². The molecule has 3 aromatic rings. The predicted molar refractivity (Wildman–Crippen MR) is 99.0 cm³/mol. The molecule has 0 unspecified atom stereocenters. The maximum absolute atomic E-state index is 11.7. The second kappa shape index (κ2) is 8.70. The molecule has 0 bridgehead atoms. The predicted octanol–water partition coefficient (Wildman–Crippen LogP) is -1.31. The fourth-order valence-electron chi connectivity index (χ4n) is 3.03. The highest BCUT2D eigenvalue weighted by Crippen LogP contribution is 2.24. The summed E-state index contributed by atoms with van der Waals surface area (Å²) in [6.07, 6.45) is 2.02. The van der Waals surface area contributed by atoms with Crippen molar-refractivity contribution in [2.45, 2.75) is 20.0 Å². The molecule has 2 aromatic heterocycles. The number of amides is 1. The standard InChI is InChI=1S/C17H20ClN6O2.HI/c1-4-24-13-7-11(26-3)5-6-12(13)22(2)15(24)9-23(10-25)17-16(19)20-8-14(18)21-17;/h5-8,10H,4,9H2,1-3H3,(H2,19,20);1H/q+1;/p-1. The molecule has 2 N–H and O–H groups in total. The van der Waals surface area contributed by atoms with Crippen LogP contribution in [0.2, 0.25) is 5.15 Å². The van der Waals surface area contributed by atoms with Gasteiger partial charge in [-0.1, -0.05) is 11.6 Å². The van der Waals surface area contributed by atoms with Gasteiger partial charge in [-0.05, 0) is 19.1 Å². The van der Waals surface area contributed by atoms with Crippen LogP contribution in [0.1, 0.15) is 12.7 Å². The van der Waals surface area contributed by atoms with Crippen LogP contribution in [-0.2, 0) is 24.9 Å². The van der Waals surface area contributed by atoms with Crippen LogP contribution < -0.4 is 43.9 Å². The Kier molecular flexibility index (Phi) is 6.82. The van der Waals surface area contributed by atoms with Crippen LogP contribution in [0.3, 0.4) is 0 Å². The average Bonchev–Trinajstić information content (AvgIpc) is 2.92. The largest absolute Gasteiger partial charge is 1.00 e. The number of nitrogen functional groups attached to an aromatic ring is 1. The third-order valence-corrected chi connectivity index (χ3v) is 4.49. The number of fused-ring (bicyclic) bond motifs is 1. The van der Waals surface area contributed by atoms with Crippen molar-refractivity contribution < 1.29 is 38.1 Å². The molecule has 27 heavy (non-hydrogen) atoms. The molecule has 0 aliphatic rings. The van der Waals surface area contributed by atoms with Gasteiger partial charge in [-0.3, -0.25) is 9.69 Å². The van der Waals surface area contributed by atoms with E-state index >= 15 is 0 Å². The first-order valence-corrected chi connectivity index (χ1v) is 8.43. The van der Waals surface area contributed by atoms with Gasteiger partial charge in [0.05, 0.1) is 26.9 Å². The number of carbonyl (C=O) groups excluding carboxylic acids is 1. The number of benzene rings is 1. The Morgan fingerprint density at radius 3 is 2.81 bits per heavy atom. The van der Waals surface area contributed by atoms with E-state index in [2.05, 4.69) is 14.5 Å². The molecule has 2 heterocycles. The summed E-state index contributed by atoms with van der Waals surface area (Å²) in [6.45, 7) is 3.04. The number of nitrogens with two attached hydrogens (primary N) is 1. The van der Waals surface area contributed by atoms with Gasteiger partial charge >= 0.3 is 0 Å². The first-order chi connectivity index (χ1) is 12.5. The van der Waals surface area contributed by atoms with Gasteiger partial charge < -0.3 is 34.4 Å². The summed E-state index contributed by atoms with van der Waals surface area (Å²) in [5, 5.41) is 0.172. The monoisotopic (exact) mass is 502 g/mol. The van der Waals surface area contributed by atoms with Crippen LogP contribution in [0, 0.1) is 0 Å². The molecule has 0 saturated carbocycles. The number of carbonyl (C=O) groups is 1. The van der Waals surface area contributed by atoms with E-state index in [1.54, 1.807) is 7.11 Å². The molecule has 0 spiro atoms. The summed E-state index contributed by atoms with van der Waals surface area (Å²) in [7, 11) is 3.59. The molecule has 1 amide bonds. The van der Waals surface area contributed by atoms with E-state index in [9.17, 15) is 4.79 Å². The van der Waals surface area contributed by atoms with E-state index in [1.807, 2.05) is 36.7 Å². The lowest BCUT2D eigenvalue weighted by Crippen LogP contribution is -3.00. The minimum atomic E-state index is 0. The van der Waals surface area contributed by atoms with Crippen LogP contribution in [0.25, 0.3) is 11.0 Å². The molecule has 3 rings (SSSR count). The number of methoxy groups -OCH3 is 1. The van der Waals surface area contributed by atoms with Crippen LogP contribution >= 0.6 is 11.6 Å². The maximum atomic E-state index is 11.7. The number of rotatable bonds is 6. The molecular formula is C17H20ClIN6O2. The van der Waals surface area contributed by atoms with Gasteiger partial charge in [0.2, 0.25) is 6.41 Å². The Morgan fingerprint density at radius 2 is 2.19 bits per heavy atom. The van der Waals surface area contributed by atoms with E-state index < -0.39 is 0 Å². The smallest absolute Gasteiger partial charge is 0.277 e. The maximum Gasteiger partial charge on any atom is 0.277 e. The van der Waals surface area contributed by atoms with Gasteiger partial charge in [0.15, 0.2) is 22.7 Å². The lowest BCUT2D eigenvalue weighted by molar-refractivity contribution is -0.653. The van der Waals surface area contributed by atoms with Gasteiger partial charge in [0.1, 0.15) is 17.4 Å². The number of hydrogen-bond donors (Lipinski definition) is 1. The summed E-state index contributed by atoms with van der Waals surface area (Å²) in [5.74, 6) is 2.06. The summed E-state index contributed by atoms with van der Waals surface area (Å²) in [5.41, 5.74) is 7.92. The molecule has 8 nitrogen and oxygen atoms in total. The number of ether oxygens (including phenoxy) is 1. The SMILES string of the molecule is CCn1c(CN(C=O)c2nc(Cl)cnc2N)[n+](C)c2ccc(OC)cc21.[I-]. The highest BCUT2D eigenvalue weighted by Gasteiger charge is 2.26. The number of imidazole rings is 1. The minimum Gasteiger partial charge on any atom is -1.00 e. The van der Waals surface area contributed by atoms with Crippen molar-refractivity contribution in [2.75, 3.05) is 17.7 Å². The van der Waals surface area contributed by atoms with Crippen molar-refractivity contribution >= 4 is 40.7 Å². The summed E-state index contributed by atoms with van der Waals surface area (Å²) in [4.78, 5) is 21.2. The molecule has 0 fully saturated rings. The zero-order chi connectivity index (χ0) is 18.8. The third kappa shape index (κ3) is 3.93. The Balaban J connectivity index is 0.00000261. The van der Waals surface area contributed by atoms with E-state index in [-0.39, 0.29) is 47.3 Å². The van der Waals surface area contributed by atoms with E-state index in [4.69, 9.17) is 22.1 Å². The molecule has 0 aliphatic carbocycles. The van der Waals surface area contributed by atoms with E-state index in [1.165, 1.54) is 11.1 Å². The van der Waals surface area contributed by atoms with E-state index in [0.29, 0.717) is 6.41 Å². The van der Waals surface area contributed by atoms with Crippen molar-refractivity contribution in [3.63, 3.8) is 0 Å². The Bertz CT molecular complexity index is 978. The highest BCUT2D eigenvalue weighted by atomic mass is 127. The van der Waals surface area contributed by atoms with Gasteiger partial charge in [-0.2, -0.15) is 0 Å². The molecule has 0 aliphatic heterocycles. The summed E-state index contributed by atoms with van der Waals surface area (Å²) in [6, 6.07) is 5.87. The number of aromatic nitrogens is 4. The summed E-state index contributed by atoms with van der Waals surface area (Å²) < 4.78 is 9.48. The number of halogens is 2. The molecule has 0 radical (unpaired) electrons. The van der Waals surface area contributed by atoms with Gasteiger partial charge in [-0.15, -0.1) is 0 Å². The van der Waals surface area contributed by atoms with Crippen LogP contribution in [-0.4, -0.2) is 28.1 Å². The first kappa shape index (κ1) is 21.2. The van der Waals surface area contributed by atoms with Crippen LogP contribution in [0.15, 0.2) is 24.4 Å². The quantitative estimate of drug-likeness (QED) is 0.257. The zero-order valence-electron chi connectivity index (χ0n) is 15.2. The van der Waals surface area contributed by atoms with Crippen molar-refractivity contribution in [3.05, 3.63) is 35.4 Å². The van der Waals surface area contributed by atoms with Gasteiger partial charge in [0, 0.05) is 6.07 Å². The zero-order valence-corrected chi connectivity index (χ0v) is 18.1. The molecule has 0 saturated heterocycles. The molecular weight excluding hydrogens is 483 g/mol. The Hall–Kier alpha value is -2.14. The van der Waals surface area contributed by atoms with Crippen molar-refractivity contribution in [2.24, 2.45) is 7.05 Å². The number of nitrogens with zero attached hydrogens (tertiary/aromatic N) is 5. The molecule has 1 aromatic carbocycles. The Morgan fingerprint density at radius 1 is 1.44 bits per heavy atom. The third-order valence-electron chi connectivity index (χ3n) is 4.31. The second-order valence-corrected chi connectivity index (χ2v) is 6.10. The fourth-order valence-corrected chi connectivity index (χ4v) is 3.16. The lowest BCUT2D eigenvalue weighted by atomic mass is 10.3. The van der Waals surface area contributed by atoms with Crippen molar-refractivity contribution in [3.8, 4) is 5.75 Å². The number of hydrogen-bond acceptors (Lipinski definition) is 5. The van der Waals surface area contributed by atoms with E-state index in [0.717, 1.165) is 29.2 Å². The first-order valence-electron chi connectivity index (χ1n) is 8.05. The lowest BCUT2D eigenvalue weighted by Gasteiger charge is -2.16. The Labute approximate surface area is 178 Å². The minimum absolute atomic E-state index is 0. The second-order valence-electron chi connectivity index (χ2n) is 5.71. The fraction of sp³-hybridized carbons (Fsp3) is 0.294. The normalized spacial score (nSPS) is 10.5. The van der Waals surface area contributed by atoms with Crippen molar-refractivity contribution in [1.82, 2.24) is 14.5 Å². The van der Waals surface area contributed by atoms with Gasteiger partial charge in [-0.25, -0.2) is 19.1 Å². The van der Waals surface area contributed by atoms with Crippen LogP contribution in [0.5, 0.6) is 5.75 Å². The van der Waals surface area contributed by atoms with Gasteiger partial charge in [0.25, 0.3) is 5.82 Å². The van der Waals surface area contributed by atoms with Crippen LogP contribution in [0.4, 0.5) is 11.6 Å². The number of aryl methyl sites for hydroxylation is 2. The average molecular weight is 503 g/mol. The number of anilines is 2. The summed E-state index contributed by atoms with van der Waals surface area (Å²) >= 11 is 5.91. The highest BCUT2D eigenvalue weighted by molar-refractivity contribution is 6.29. The molecule has 10 heteroatoms. The molecule has 0 atom stereocenters. The molecule has 144 valence electrons.